The maximum atomic E-state index is 13.6. The lowest BCUT2D eigenvalue weighted by Gasteiger charge is -2.30. The average molecular weight is 518 g/mol. The van der Waals surface area contributed by atoms with Gasteiger partial charge >= 0.3 is 6.18 Å². The minimum atomic E-state index is -4.97. The fourth-order valence-electron chi connectivity index (χ4n) is 3.85. The first kappa shape index (κ1) is 25.2. The van der Waals surface area contributed by atoms with E-state index in [1.54, 1.807) is 0 Å². The van der Waals surface area contributed by atoms with E-state index < -0.39 is 35.1 Å². The van der Waals surface area contributed by atoms with Crippen LogP contribution in [-0.2, 0) is 17.5 Å². The molecular weight excluding hydrogens is 499 g/mol. The molecule has 2 aromatic carbocycles. The van der Waals surface area contributed by atoms with E-state index in [4.69, 9.17) is 21.6 Å². The normalized spacial score (nSPS) is 17.8. The molecule has 1 amide bonds. The first-order valence-electron chi connectivity index (χ1n) is 10.7. The highest BCUT2D eigenvalue weighted by molar-refractivity contribution is 6.30. The van der Waals surface area contributed by atoms with Gasteiger partial charge in [-0.25, -0.2) is 10.4 Å². The van der Waals surface area contributed by atoms with Gasteiger partial charge in [-0.3, -0.25) is 19.6 Å². The van der Waals surface area contributed by atoms with Crippen molar-refractivity contribution >= 4 is 17.5 Å². The molecule has 0 saturated carbocycles. The Labute approximate surface area is 208 Å². The average Bonchev–Trinajstić information content (AvgIpc) is 2.82. The van der Waals surface area contributed by atoms with Gasteiger partial charge in [-0.1, -0.05) is 41.4 Å². The van der Waals surface area contributed by atoms with Crippen molar-refractivity contribution in [1.82, 2.24) is 20.4 Å². The predicted molar refractivity (Wildman–Crippen MR) is 123 cm³/mol. The van der Waals surface area contributed by atoms with Crippen LogP contribution in [0.15, 0.2) is 53.6 Å². The first-order chi connectivity index (χ1) is 17.0. The lowest BCUT2D eigenvalue weighted by Crippen LogP contribution is -2.54. The van der Waals surface area contributed by atoms with Crippen molar-refractivity contribution in [3.05, 3.63) is 86.6 Å². The monoisotopic (exact) mass is 517 g/mol. The van der Waals surface area contributed by atoms with Gasteiger partial charge in [0.1, 0.15) is 5.75 Å². The van der Waals surface area contributed by atoms with Crippen LogP contribution in [0.3, 0.4) is 0 Å². The van der Waals surface area contributed by atoms with Crippen molar-refractivity contribution in [2.45, 2.75) is 38.0 Å². The van der Waals surface area contributed by atoms with Crippen LogP contribution in [0.1, 0.15) is 34.7 Å². The van der Waals surface area contributed by atoms with Gasteiger partial charge in [-0.2, -0.15) is 18.4 Å². The number of hydrazine groups is 1. The Bertz CT molecular complexity index is 1400. The predicted octanol–water partition coefficient (Wildman–Crippen LogP) is 4.06. The fourth-order valence-corrected chi connectivity index (χ4v) is 4.08. The zero-order valence-corrected chi connectivity index (χ0v) is 19.5. The summed E-state index contributed by atoms with van der Waals surface area (Å²) in [6, 6.07) is 12.4. The molecule has 2 heterocycles. The molecule has 1 aliphatic rings. The lowest BCUT2D eigenvalue weighted by molar-refractivity contribution is -0.142. The Hall–Kier alpha value is -3.88. The highest BCUT2D eigenvalue weighted by Crippen LogP contribution is 2.35. The summed E-state index contributed by atoms with van der Waals surface area (Å²) in [6.07, 6.45) is -3.90. The topological polar surface area (TPSA) is 109 Å². The number of alkyl halides is 3. The summed E-state index contributed by atoms with van der Waals surface area (Å²) in [4.78, 5) is 28.9. The standard InChI is InChI=1S/C24H19ClF3N5O3/c1-13-2-4-15(5-3-13)19-9-17(31-32-22(19)34)11-33-12-30-21(24(26,27)28)20(23(33)35)36-18-7-14(10-29)6-16(25)8-18/h2-8,12,17,19,31H,9,11H2,1H3,(H,32,34). The van der Waals surface area contributed by atoms with Gasteiger partial charge in [0.25, 0.3) is 5.56 Å². The van der Waals surface area contributed by atoms with Crippen LogP contribution >= 0.6 is 11.6 Å². The van der Waals surface area contributed by atoms with E-state index in [1.165, 1.54) is 12.1 Å². The van der Waals surface area contributed by atoms with E-state index in [1.807, 2.05) is 37.3 Å². The third-order valence-electron chi connectivity index (χ3n) is 5.62. The third-order valence-corrected chi connectivity index (χ3v) is 5.84. The van der Waals surface area contributed by atoms with Crippen molar-refractivity contribution in [1.29, 1.82) is 5.26 Å². The number of nitrogens with zero attached hydrogens (tertiary/aromatic N) is 3. The van der Waals surface area contributed by atoms with Gasteiger partial charge in [-0.15, -0.1) is 0 Å². The zero-order valence-electron chi connectivity index (χ0n) is 18.8. The Morgan fingerprint density at radius 2 is 1.94 bits per heavy atom. The molecule has 36 heavy (non-hydrogen) atoms. The van der Waals surface area contributed by atoms with E-state index in [0.717, 1.165) is 28.1 Å². The van der Waals surface area contributed by atoms with Crippen molar-refractivity contribution < 1.29 is 22.7 Å². The molecule has 1 aliphatic heterocycles. The second-order valence-corrected chi connectivity index (χ2v) is 8.73. The summed E-state index contributed by atoms with van der Waals surface area (Å²) in [7, 11) is 0. The fraction of sp³-hybridized carbons (Fsp3) is 0.250. The lowest BCUT2D eigenvalue weighted by atomic mass is 9.89. The maximum Gasteiger partial charge on any atom is 0.437 e. The van der Waals surface area contributed by atoms with Gasteiger partial charge in [0.05, 0.1) is 23.9 Å². The molecule has 8 nitrogen and oxygen atoms in total. The summed E-state index contributed by atoms with van der Waals surface area (Å²) in [5.41, 5.74) is 4.61. The van der Waals surface area contributed by atoms with Gasteiger partial charge < -0.3 is 4.74 Å². The summed E-state index contributed by atoms with van der Waals surface area (Å²) in [5, 5.41) is 9.14. The number of benzene rings is 2. The number of carbonyl (C=O) groups excluding carboxylic acids is 1. The number of hydrogen-bond donors (Lipinski definition) is 2. The van der Waals surface area contributed by atoms with Gasteiger partial charge in [-0.05, 0) is 37.1 Å². The maximum absolute atomic E-state index is 13.6. The molecule has 186 valence electrons. The van der Waals surface area contributed by atoms with Crippen molar-refractivity contribution in [2.75, 3.05) is 0 Å². The molecule has 2 unspecified atom stereocenters. The molecule has 0 aliphatic carbocycles. The molecule has 1 aromatic heterocycles. The van der Waals surface area contributed by atoms with Gasteiger partial charge in [0.15, 0.2) is 5.69 Å². The molecule has 1 saturated heterocycles. The molecular formula is C24H19ClF3N5O3. The highest BCUT2D eigenvalue weighted by Gasteiger charge is 2.39. The molecule has 0 radical (unpaired) electrons. The quantitative estimate of drug-likeness (QED) is 0.528. The second kappa shape index (κ2) is 10.0. The van der Waals surface area contributed by atoms with Gasteiger partial charge in [0.2, 0.25) is 11.7 Å². The minimum absolute atomic E-state index is 0.0413. The van der Waals surface area contributed by atoms with Crippen LogP contribution in [-0.4, -0.2) is 21.5 Å². The number of halogens is 4. The summed E-state index contributed by atoms with van der Waals surface area (Å²) < 4.78 is 47.2. The van der Waals surface area contributed by atoms with Crippen molar-refractivity contribution in [2.24, 2.45) is 0 Å². The number of hydrogen-bond acceptors (Lipinski definition) is 6. The van der Waals surface area contributed by atoms with Crippen LogP contribution in [0.25, 0.3) is 0 Å². The number of nitriles is 1. The van der Waals surface area contributed by atoms with Crippen LogP contribution in [0.4, 0.5) is 13.2 Å². The van der Waals surface area contributed by atoms with Crippen molar-refractivity contribution in [3.8, 4) is 17.6 Å². The molecule has 12 heteroatoms. The van der Waals surface area contributed by atoms with Crippen LogP contribution in [0, 0.1) is 18.3 Å². The molecule has 2 atom stereocenters. The van der Waals surface area contributed by atoms with E-state index in [-0.39, 0.29) is 28.8 Å². The van der Waals surface area contributed by atoms with E-state index in [2.05, 4.69) is 15.8 Å². The number of aryl methyl sites for hydroxylation is 1. The molecule has 0 bridgehead atoms. The number of ether oxygens (including phenoxy) is 1. The van der Waals surface area contributed by atoms with Crippen LogP contribution < -0.4 is 21.1 Å². The number of aromatic nitrogens is 2. The molecule has 0 spiro atoms. The number of carbonyl (C=O) groups is 1. The largest absolute Gasteiger partial charge is 0.449 e. The van der Waals surface area contributed by atoms with Crippen LogP contribution in [0.5, 0.6) is 11.5 Å². The number of amides is 1. The Morgan fingerprint density at radius 3 is 2.61 bits per heavy atom. The number of nitrogens with one attached hydrogen (secondary N) is 2. The Kier molecular flexibility index (Phi) is 7.01. The summed E-state index contributed by atoms with van der Waals surface area (Å²) in [6.45, 7) is 1.82. The Balaban J connectivity index is 1.65. The van der Waals surface area contributed by atoms with E-state index in [9.17, 15) is 22.8 Å². The van der Waals surface area contributed by atoms with Crippen molar-refractivity contribution in [3.63, 3.8) is 0 Å². The first-order valence-corrected chi connectivity index (χ1v) is 11.1. The molecule has 3 aromatic rings. The SMILES string of the molecule is Cc1ccc(C2CC(Cn3cnc(C(F)(F)F)c(Oc4cc(Cl)cc(C#N)c4)c3=O)NNC2=O)cc1. The Morgan fingerprint density at radius 1 is 1.22 bits per heavy atom. The number of rotatable bonds is 5. The zero-order chi connectivity index (χ0) is 26.0. The molecule has 1 fully saturated rings. The third kappa shape index (κ3) is 5.50. The highest BCUT2D eigenvalue weighted by atomic mass is 35.5. The minimum Gasteiger partial charge on any atom is -0.449 e. The molecule has 4 rings (SSSR count). The second-order valence-electron chi connectivity index (χ2n) is 8.30. The van der Waals surface area contributed by atoms with Crippen LogP contribution in [0.2, 0.25) is 5.02 Å². The summed E-state index contributed by atoms with van der Waals surface area (Å²) >= 11 is 5.91. The van der Waals surface area contributed by atoms with E-state index >= 15 is 0 Å². The van der Waals surface area contributed by atoms with E-state index in [0.29, 0.717) is 6.42 Å². The summed E-state index contributed by atoms with van der Waals surface area (Å²) in [5.74, 6) is -2.04. The van der Waals surface area contributed by atoms with Gasteiger partial charge in [0, 0.05) is 17.6 Å². The smallest absolute Gasteiger partial charge is 0.437 e. The molecule has 2 N–H and O–H groups in total.